The van der Waals surface area contributed by atoms with Gasteiger partial charge in [0.05, 0.1) is 12.6 Å². The Morgan fingerprint density at radius 3 is 2.84 bits per heavy atom. The number of benzene rings is 1. The first-order valence-electron chi connectivity index (χ1n) is 10.8. The highest BCUT2D eigenvalue weighted by Gasteiger charge is 2.38. The van der Waals surface area contributed by atoms with Crippen molar-refractivity contribution < 1.29 is 9.21 Å². The minimum atomic E-state index is -0.625. The van der Waals surface area contributed by atoms with Crippen LogP contribution in [0.1, 0.15) is 42.5 Å². The number of amides is 1. The van der Waals surface area contributed by atoms with E-state index in [9.17, 15) is 9.59 Å². The predicted molar refractivity (Wildman–Crippen MR) is 119 cm³/mol. The Morgan fingerprint density at radius 2 is 2.06 bits per heavy atom. The van der Waals surface area contributed by atoms with Gasteiger partial charge in [0, 0.05) is 29.9 Å². The number of carbonyl (C=O) groups excluding carboxylic acids is 1. The summed E-state index contributed by atoms with van der Waals surface area (Å²) in [5.74, 6) is 1.09. The number of carbonyl (C=O) groups is 1. The van der Waals surface area contributed by atoms with Crippen molar-refractivity contribution in [1.82, 2.24) is 24.6 Å². The van der Waals surface area contributed by atoms with Crippen LogP contribution in [0.25, 0.3) is 22.4 Å². The summed E-state index contributed by atoms with van der Waals surface area (Å²) in [5, 5.41) is 5.38. The Balaban J connectivity index is 1.56. The van der Waals surface area contributed by atoms with Gasteiger partial charge in [-0.15, -0.1) is 0 Å². The quantitative estimate of drug-likeness (QED) is 0.459. The molecule has 0 saturated carbocycles. The van der Waals surface area contributed by atoms with E-state index in [1.54, 1.807) is 35.5 Å². The van der Waals surface area contributed by atoms with Gasteiger partial charge in [0.15, 0.2) is 11.6 Å². The number of nitrogens with zero attached hydrogens (tertiary/aromatic N) is 5. The first-order chi connectivity index (χ1) is 15.6. The monoisotopic (exact) mass is 429 g/mol. The van der Waals surface area contributed by atoms with E-state index >= 15 is 0 Å². The molecule has 4 aromatic rings. The van der Waals surface area contributed by atoms with Crippen LogP contribution in [0.15, 0.2) is 64.1 Å². The SMILES string of the molecule is CC[C@H](C)[C@H]1c2nc(-c3cccnc3)nn2CCN1C(=O)c1cc2ccccc2oc1=O. The molecule has 5 rings (SSSR count). The summed E-state index contributed by atoms with van der Waals surface area (Å²) in [6.07, 6.45) is 4.27. The lowest BCUT2D eigenvalue weighted by atomic mass is 9.94. The average molecular weight is 429 g/mol. The normalized spacial score (nSPS) is 16.7. The van der Waals surface area contributed by atoms with Gasteiger partial charge in [-0.2, -0.15) is 5.10 Å². The Bertz CT molecular complexity index is 1340. The summed E-state index contributed by atoms with van der Waals surface area (Å²) in [5.41, 5.74) is 0.703. The summed E-state index contributed by atoms with van der Waals surface area (Å²) >= 11 is 0. The molecule has 1 aliphatic rings. The van der Waals surface area contributed by atoms with Crippen molar-refractivity contribution in [1.29, 1.82) is 0 Å². The Morgan fingerprint density at radius 1 is 1.22 bits per heavy atom. The Labute approximate surface area is 184 Å². The molecule has 0 bridgehead atoms. The average Bonchev–Trinajstić information content (AvgIpc) is 3.27. The minimum absolute atomic E-state index is 0.0393. The molecule has 32 heavy (non-hydrogen) atoms. The molecule has 1 aliphatic heterocycles. The number of para-hydroxylation sites is 1. The molecule has 4 heterocycles. The molecular weight excluding hydrogens is 406 g/mol. The van der Waals surface area contributed by atoms with Gasteiger partial charge in [-0.3, -0.25) is 9.78 Å². The van der Waals surface area contributed by atoms with Crippen molar-refractivity contribution >= 4 is 16.9 Å². The van der Waals surface area contributed by atoms with E-state index in [0.29, 0.717) is 24.5 Å². The van der Waals surface area contributed by atoms with Crippen molar-refractivity contribution in [2.24, 2.45) is 5.92 Å². The highest BCUT2D eigenvalue weighted by molar-refractivity contribution is 5.97. The second kappa shape index (κ2) is 8.03. The van der Waals surface area contributed by atoms with Gasteiger partial charge in [0.2, 0.25) is 0 Å². The molecule has 0 radical (unpaired) electrons. The zero-order valence-corrected chi connectivity index (χ0v) is 17.9. The van der Waals surface area contributed by atoms with Crippen LogP contribution in [0.5, 0.6) is 0 Å². The number of hydrogen-bond donors (Lipinski definition) is 0. The molecule has 1 aromatic carbocycles. The van der Waals surface area contributed by atoms with Gasteiger partial charge >= 0.3 is 5.63 Å². The number of fused-ring (bicyclic) bond motifs is 2. The standard InChI is InChI=1S/C24H23N5O3/c1-3-15(2)20-22-26-21(17-8-6-10-25-14-17)27-29(22)12-11-28(20)23(30)18-13-16-7-4-5-9-19(16)32-24(18)31/h4-10,13-15,20H,3,11-12H2,1-2H3/t15-,20-/m0/s1. The molecule has 3 aromatic heterocycles. The lowest BCUT2D eigenvalue weighted by molar-refractivity contribution is 0.0514. The van der Waals surface area contributed by atoms with E-state index in [2.05, 4.69) is 23.9 Å². The van der Waals surface area contributed by atoms with Crippen LogP contribution in [-0.4, -0.2) is 37.1 Å². The predicted octanol–water partition coefficient (Wildman–Crippen LogP) is 3.69. The minimum Gasteiger partial charge on any atom is -0.422 e. The number of pyridine rings is 1. The highest BCUT2D eigenvalue weighted by Crippen LogP contribution is 2.34. The lowest BCUT2D eigenvalue weighted by Crippen LogP contribution is -2.46. The van der Waals surface area contributed by atoms with Crippen LogP contribution in [0.4, 0.5) is 0 Å². The Kier molecular flexibility index (Phi) is 5.05. The Hall–Kier alpha value is -3.81. The summed E-state index contributed by atoms with van der Waals surface area (Å²) in [6, 6.07) is 12.3. The van der Waals surface area contributed by atoms with Crippen molar-refractivity contribution in [2.45, 2.75) is 32.9 Å². The fourth-order valence-electron chi connectivity index (χ4n) is 4.21. The highest BCUT2D eigenvalue weighted by atomic mass is 16.4. The largest absolute Gasteiger partial charge is 0.422 e. The third kappa shape index (κ3) is 3.37. The first kappa shape index (κ1) is 20.1. The maximum atomic E-state index is 13.6. The van der Waals surface area contributed by atoms with Crippen molar-refractivity contribution in [3.63, 3.8) is 0 Å². The molecule has 0 spiro atoms. The first-order valence-corrected chi connectivity index (χ1v) is 10.8. The van der Waals surface area contributed by atoms with Crippen molar-refractivity contribution in [2.75, 3.05) is 6.54 Å². The van der Waals surface area contributed by atoms with E-state index in [1.807, 2.05) is 28.9 Å². The van der Waals surface area contributed by atoms with Crippen LogP contribution in [0.2, 0.25) is 0 Å². The maximum Gasteiger partial charge on any atom is 0.349 e. The van der Waals surface area contributed by atoms with Crippen molar-refractivity contribution in [3.8, 4) is 11.4 Å². The molecule has 162 valence electrons. The van der Waals surface area contributed by atoms with Crippen LogP contribution in [0, 0.1) is 5.92 Å². The van der Waals surface area contributed by atoms with Crippen LogP contribution < -0.4 is 5.63 Å². The molecule has 8 nitrogen and oxygen atoms in total. The van der Waals surface area contributed by atoms with E-state index in [0.717, 1.165) is 23.2 Å². The molecule has 0 fully saturated rings. The van der Waals surface area contributed by atoms with E-state index in [4.69, 9.17) is 9.40 Å². The second-order valence-corrected chi connectivity index (χ2v) is 8.07. The molecule has 0 aliphatic carbocycles. The van der Waals surface area contributed by atoms with E-state index < -0.39 is 5.63 Å². The van der Waals surface area contributed by atoms with E-state index in [1.165, 1.54) is 0 Å². The molecule has 1 amide bonds. The van der Waals surface area contributed by atoms with Gasteiger partial charge < -0.3 is 9.32 Å². The third-order valence-corrected chi connectivity index (χ3v) is 6.09. The van der Waals surface area contributed by atoms with Crippen LogP contribution in [-0.2, 0) is 6.54 Å². The zero-order chi connectivity index (χ0) is 22.2. The molecule has 0 N–H and O–H groups in total. The summed E-state index contributed by atoms with van der Waals surface area (Å²) in [4.78, 5) is 36.9. The van der Waals surface area contributed by atoms with Crippen LogP contribution >= 0.6 is 0 Å². The summed E-state index contributed by atoms with van der Waals surface area (Å²) in [7, 11) is 0. The number of hydrogen-bond acceptors (Lipinski definition) is 6. The maximum absolute atomic E-state index is 13.6. The number of aromatic nitrogens is 4. The van der Waals surface area contributed by atoms with Gasteiger partial charge in [-0.1, -0.05) is 38.5 Å². The van der Waals surface area contributed by atoms with Crippen LogP contribution in [0.3, 0.4) is 0 Å². The fraction of sp³-hybridized carbons (Fsp3) is 0.292. The lowest BCUT2D eigenvalue weighted by Gasteiger charge is -2.38. The van der Waals surface area contributed by atoms with Gasteiger partial charge in [-0.25, -0.2) is 14.5 Å². The summed E-state index contributed by atoms with van der Waals surface area (Å²) in [6.45, 7) is 5.10. The van der Waals surface area contributed by atoms with Gasteiger partial charge in [0.25, 0.3) is 5.91 Å². The molecule has 0 saturated heterocycles. The van der Waals surface area contributed by atoms with E-state index in [-0.39, 0.29) is 23.4 Å². The molecule has 0 unspecified atom stereocenters. The third-order valence-electron chi connectivity index (χ3n) is 6.09. The van der Waals surface area contributed by atoms with Gasteiger partial charge in [-0.05, 0) is 30.2 Å². The molecule has 2 atom stereocenters. The van der Waals surface area contributed by atoms with Crippen molar-refractivity contribution in [3.05, 3.63) is 76.7 Å². The molecular formula is C24H23N5O3. The second-order valence-electron chi connectivity index (χ2n) is 8.07. The zero-order valence-electron chi connectivity index (χ0n) is 17.9. The summed E-state index contributed by atoms with van der Waals surface area (Å²) < 4.78 is 7.28. The topological polar surface area (TPSA) is 94.1 Å². The smallest absolute Gasteiger partial charge is 0.349 e. The van der Waals surface area contributed by atoms with Gasteiger partial charge in [0.1, 0.15) is 11.1 Å². The molecule has 8 heteroatoms. The fourth-order valence-corrected chi connectivity index (χ4v) is 4.21. The number of rotatable bonds is 4.